The fraction of sp³-hybridized carbons (Fsp3) is 0.857. The molecule has 1 aliphatic carbocycles. The Morgan fingerprint density at radius 1 is 1.25 bits per heavy atom. The summed E-state index contributed by atoms with van der Waals surface area (Å²) in [4.78, 5) is 0. The van der Waals surface area contributed by atoms with Gasteiger partial charge in [-0.3, -0.25) is 0 Å². The summed E-state index contributed by atoms with van der Waals surface area (Å²) in [6.45, 7) is 0.885. The van der Waals surface area contributed by atoms with E-state index in [4.69, 9.17) is 4.74 Å². The van der Waals surface area contributed by atoms with E-state index in [1.807, 2.05) is 0 Å². The van der Waals surface area contributed by atoms with Crippen molar-refractivity contribution in [3.63, 3.8) is 0 Å². The molecule has 0 bridgehead atoms. The molecule has 0 aromatic carbocycles. The van der Waals surface area contributed by atoms with Crippen molar-refractivity contribution in [3.05, 3.63) is 11.6 Å². The summed E-state index contributed by atoms with van der Waals surface area (Å²) in [5.74, 6) is 0. The topological polar surface area (TPSA) is 29.5 Å². The molecule has 1 N–H and O–H groups in total. The van der Waals surface area contributed by atoms with E-state index in [0.717, 1.165) is 32.3 Å². The van der Waals surface area contributed by atoms with Gasteiger partial charge in [0.15, 0.2) is 0 Å². The van der Waals surface area contributed by atoms with Crippen LogP contribution in [0.1, 0.15) is 57.8 Å². The van der Waals surface area contributed by atoms with E-state index in [9.17, 15) is 5.11 Å². The first-order valence-electron chi connectivity index (χ1n) is 6.85. The normalized spacial score (nSPS) is 29.3. The van der Waals surface area contributed by atoms with E-state index in [1.165, 1.54) is 37.7 Å². The lowest BCUT2D eigenvalue weighted by Gasteiger charge is -2.25. The van der Waals surface area contributed by atoms with Gasteiger partial charge in [0.05, 0.1) is 12.2 Å². The van der Waals surface area contributed by atoms with Crippen LogP contribution in [0.3, 0.4) is 0 Å². The van der Waals surface area contributed by atoms with Crippen molar-refractivity contribution in [1.29, 1.82) is 0 Å². The van der Waals surface area contributed by atoms with Crippen molar-refractivity contribution < 1.29 is 9.84 Å². The fourth-order valence-corrected chi connectivity index (χ4v) is 2.74. The molecule has 0 amide bonds. The van der Waals surface area contributed by atoms with Crippen molar-refractivity contribution in [3.8, 4) is 0 Å². The Morgan fingerprint density at radius 3 is 3.00 bits per heavy atom. The highest BCUT2D eigenvalue weighted by atomic mass is 16.5. The van der Waals surface area contributed by atoms with E-state index in [1.54, 1.807) is 0 Å². The molecule has 0 aromatic rings. The van der Waals surface area contributed by atoms with Gasteiger partial charge in [-0.25, -0.2) is 0 Å². The van der Waals surface area contributed by atoms with E-state index >= 15 is 0 Å². The number of aliphatic hydroxyl groups is 1. The smallest absolute Gasteiger partial charge is 0.0774 e. The highest BCUT2D eigenvalue weighted by molar-refractivity contribution is 5.09. The first kappa shape index (κ1) is 12.1. The molecule has 1 fully saturated rings. The van der Waals surface area contributed by atoms with Crippen molar-refractivity contribution in [2.45, 2.75) is 70.0 Å². The van der Waals surface area contributed by atoms with E-state index in [2.05, 4.69) is 6.08 Å². The molecule has 1 saturated heterocycles. The summed E-state index contributed by atoms with van der Waals surface area (Å²) in [7, 11) is 0. The van der Waals surface area contributed by atoms with Gasteiger partial charge in [-0.2, -0.15) is 0 Å². The molecule has 0 radical (unpaired) electrons. The van der Waals surface area contributed by atoms with Gasteiger partial charge in [0.1, 0.15) is 0 Å². The standard InChI is InChI=1S/C14H24O2/c15-14(11-13-9-5-6-10-16-13)12-7-3-1-2-4-8-12/h7,13-15H,1-6,8-11H2. The third-order valence-corrected chi connectivity index (χ3v) is 3.76. The lowest BCUT2D eigenvalue weighted by Crippen LogP contribution is -2.25. The average Bonchev–Trinajstić information content (AvgIpc) is 2.59. The minimum absolute atomic E-state index is 0.249. The van der Waals surface area contributed by atoms with Crippen LogP contribution >= 0.6 is 0 Å². The first-order chi connectivity index (χ1) is 7.86. The maximum Gasteiger partial charge on any atom is 0.0774 e. The molecule has 0 saturated carbocycles. The monoisotopic (exact) mass is 224 g/mol. The summed E-state index contributed by atoms with van der Waals surface area (Å²) in [5.41, 5.74) is 1.27. The van der Waals surface area contributed by atoms with Crippen molar-refractivity contribution in [2.75, 3.05) is 6.61 Å². The predicted molar refractivity (Wildman–Crippen MR) is 65.4 cm³/mol. The maximum atomic E-state index is 10.2. The predicted octanol–water partition coefficient (Wildman–Crippen LogP) is 3.20. The van der Waals surface area contributed by atoms with Gasteiger partial charge in [-0.05, 0) is 50.5 Å². The number of hydrogen-bond donors (Lipinski definition) is 1. The molecule has 0 spiro atoms. The largest absolute Gasteiger partial charge is 0.389 e. The molecule has 2 atom stereocenters. The van der Waals surface area contributed by atoms with Gasteiger partial charge in [0.2, 0.25) is 0 Å². The van der Waals surface area contributed by atoms with Crippen molar-refractivity contribution in [2.24, 2.45) is 0 Å². The van der Waals surface area contributed by atoms with Crippen molar-refractivity contribution >= 4 is 0 Å². The van der Waals surface area contributed by atoms with Gasteiger partial charge in [0, 0.05) is 13.0 Å². The number of hydrogen-bond acceptors (Lipinski definition) is 2. The molecule has 1 aliphatic heterocycles. The highest BCUT2D eigenvalue weighted by Crippen LogP contribution is 2.25. The zero-order valence-corrected chi connectivity index (χ0v) is 10.2. The second-order valence-electron chi connectivity index (χ2n) is 5.12. The van der Waals surface area contributed by atoms with Crippen LogP contribution in [-0.4, -0.2) is 23.9 Å². The second kappa shape index (κ2) is 6.41. The second-order valence-corrected chi connectivity index (χ2v) is 5.12. The number of aliphatic hydroxyl groups excluding tert-OH is 1. The lowest BCUT2D eigenvalue weighted by molar-refractivity contribution is -0.00937. The molecule has 16 heavy (non-hydrogen) atoms. The summed E-state index contributed by atoms with van der Waals surface area (Å²) in [5, 5.41) is 10.2. The van der Waals surface area contributed by atoms with Crippen molar-refractivity contribution in [1.82, 2.24) is 0 Å². The van der Waals surface area contributed by atoms with E-state index in [-0.39, 0.29) is 6.10 Å². The highest BCUT2D eigenvalue weighted by Gasteiger charge is 2.20. The third-order valence-electron chi connectivity index (χ3n) is 3.76. The van der Waals surface area contributed by atoms with Crippen LogP contribution in [-0.2, 0) is 4.74 Å². The Balaban J connectivity index is 1.80. The van der Waals surface area contributed by atoms with Crippen LogP contribution in [0.15, 0.2) is 11.6 Å². The zero-order chi connectivity index (χ0) is 11.2. The maximum absolute atomic E-state index is 10.2. The third kappa shape index (κ3) is 3.60. The number of allylic oxidation sites excluding steroid dienone is 1. The average molecular weight is 224 g/mol. The molecule has 2 aliphatic rings. The first-order valence-corrected chi connectivity index (χ1v) is 6.85. The van der Waals surface area contributed by atoms with Gasteiger partial charge in [-0.15, -0.1) is 0 Å². The zero-order valence-electron chi connectivity index (χ0n) is 10.2. The van der Waals surface area contributed by atoms with Gasteiger partial charge in [-0.1, -0.05) is 12.5 Å². The molecule has 2 nitrogen and oxygen atoms in total. The minimum Gasteiger partial charge on any atom is -0.389 e. The summed E-state index contributed by atoms with van der Waals surface area (Å²) in [6.07, 6.45) is 12.8. The minimum atomic E-state index is -0.249. The molecule has 0 aromatic heterocycles. The quantitative estimate of drug-likeness (QED) is 0.746. The molecule has 92 valence electrons. The summed E-state index contributed by atoms with van der Waals surface area (Å²) >= 11 is 0. The van der Waals surface area contributed by atoms with E-state index in [0.29, 0.717) is 6.10 Å². The molecule has 2 unspecified atom stereocenters. The fourth-order valence-electron chi connectivity index (χ4n) is 2.74. The van der Waals surface area contributed by atoms with Crippen LogP contribution in [0, 0.1) is 0 Å². The molecular weight excluding hydrogens is 200 g/mol. The molecular formula is C14H24O2. The Kier molecular flexibility index (Phi) is 4.86. The van der Waals surface area contributed by atoms with E-state index < -0.39 is 0 Å². The van der Waals surface area contributed by atoms with Crippen LogP contribution in [0.4, 0.5) is 0 Å². The molecule has 2 heteroatoms. The lowest BCUT2D eigenvalue weighted by atomic mass is 9.96. The SMILES string of the molecule is OC(CC1CCCCO1)C1=CCCCCC1. The Bertz CT molecular complexity index is 229. The van der Waals surface area contributed by atoms with Crippen LogP contribution in [0.5, 0.6) is 0 Å². The Labute approximate surface area is 98.7 Å². The number of ether oxygens (including phenoxy) is 1. The van der Waals surface area contributed by atoms with Crippen LogP contribution in [0.2, 0.25) is 0 Å². The Hall–Kier alpha value is -0.340. The summed E-state index contributed by atoms with van der Waals surface area (Å²) < 4.78 is 5.68. The Morgan fingerprint density at radius 2 is 2.19 bits per heavy atom. The molecule has 1 heterocycles. The summed E-state index contributed by atoms with van der Waals surface area (Å²) in [6, 6.07) is 0. The van der Waals surface area contributed by atoms with Gasteiger partial charge < -0.3 is 9.84 Å². The van der Waals surface area contributed by atoms with Gasteiger partial charge >= 0.3 is 0 Å². The number of rotatable bonds is 3. The molecule has 2 rings (SSSR count). The van der Waals surface area contributed by atoms with Gasteiger partial charge in [0.25, 0.3) is 0 Å². The van der Waals surface area contributed by atoms with Crippen LogP contribution in [0.25, 0.3) is 0 Å². The van der Waals surface area contributed by atoms with Crippen LogP contribution < -0.4 is 0 Å².